The molecule has 3 rings (SSSR count). The highest BCUT2D eigenvalue weighted by molar-refractivity contribution is 6.32. The summed E-state index contributed by atoms with van der Waals surface area (Å²) >= 11 is 6.27. The van der Waals surface area contributed by atoms with Gasteiger partial charge in [0.15, 0.2) is 11.5 Å². The molecule has 0 radical (unpaired) electrons. The zero-order chi connectivity index (χ0) is 19.1. The average molecular weight is 389 g/mol. The topological polar surface area (TPSA) is 59.6 Å². The van der Waals surface area contributed by atoms with Crippen molar-refractivity contribution in [1.29, 1.82) is 0 Å². The summed E-state index contributed by atoms with van der Waals surface area (Å²) < 4.78 is 11.1. The summed E-state index contributed by atoms with van der Waals surface area (Å²) in [5.74, 6) is 1.30. The lowest BCUT2D eigenvalue weighted by Gasteiger charge is -2.20. The third-order valence-electron chi connectivity index (χ3n) is 4.35. The quantitative estimate of drug-likeness (QED) is 0.673. The fourth-order valence-electron chi connectivity index (χ4n) is 2.87. The SMILES string of the molecule is CCCCNC(=O)c1ccc(CNCc2cc(Cl)c3c(c2)OCCO3)cc1. The first-order valence-electron chi connectivity index (χ1n) is 9.33. The molecule has 2 aromatic carbocycles. The number of rotatable bonds is 8. The van der Waals surface area contributed by atoms with Gasteiger partial charge in [0, 0.05) is 25.2 Å². The first kappa shape index (κ1) is 19.5. The lowest BCUT2D eigenvalue weighted by Crippen LogP contribution is -2.24. The Labute approximate surface area is 165 Å². The van der Waals surface area contributed by atoms with Gasteiger partial charge in [-0.1, -0.05) is 37.1 Å². The van der Waals surface area contributed by atoms with E-state index in [1.807, 2.05) is 36.4 Å². The van der Waals surface area contributed by atoms with E-state index in [-0.39, 0.29) is 5.91 Å². The summed E-state index contributed by atoms with van der Waals surface area (Å²) in [6.45, 7) is 5.25. The molecular formula is C21H25ClN2O3. The number of hydrogen-bond acceptors (Lipinski definition) is 4. The van der Waals surface area contributed by atoms with Crippen molar-refractivity contribution in [2.45, 2.75) is 32.9 Å². The van der Waals surface area contributed by atoms with Crippen LogP contribution in [0.15, 0.2) is 36.4 Å². The molecule has 1 amide bonds. The van der Waals surface area contributed by atoms with Gasteiger partial charge in [-0.3, -0.25) is 4.79 Å². The first-order valence-corrected chi connectivity index (χ1v) is 9.71. The molecule has 144 valence electrons. The van der Waals surface area contributed by atoms with Gasteiger partial charge in [0.2, 0.25) is 0 Å². The molecule has 0 saturated carbocycles. The molecule has 1 heterocycles. The molecule has 0 saturated heterocycles. The summed E-state index contributed by atoms with van der Waals surface area (Å²) in [6, 6.07) is 11.5. The third kappa shape index (κ3) is 5.37. The number of hydrogen-bond donors (Lipinski definition) is 2. The summed E-state index contributed by atoms with van der Waals surface area (Å²) in [5.41, 5.74) is 2.84. The van der Waals surface area contributed by atoms with Crippen LogP contribution in [0.3, 0.4) is 0 Å². The molecule has 0 atom stereocenters. The van der Waals surface area contributed by atoms with Gasteiger partial charge in [0.1, 0.15) is 13.2 Å². The molecule has 27 heavy (non-hydrogen) atoms. The van der Waals surface area contributed by atoms with E-state index < -0.39 is 0 Å². The number of nitrogens with one attached hydrogen (secondary N) is 2. The van der Waals surface area contributed by atoms with E-state index in [1.54, 1.807) is 0 Å². The van der Waals surface area contributed by atoms with E-state index in [4.69, 9.17) is 21.1 Å². The van der Waals surface area contributed by atoms with Gasteiger partial charge in [-0.25, -0.2) is 0 Å². The fraction of sp³-hybridized carbons (Fsp3) is 0.381. The minimum absolute atomic E-state index is 0.0196. The van der Waals surface area contributed by atoms with Crippen LogP contribution in [-0.2, 0) is 13.1 Å². The van der Waals surface area contributed by atoms with Crippen LogP contribution in [0, 0.1) is 0 Å². The molecule has 2 N–H and O–H groups in total. The van der Waals surface area contributed by atoms with Crippen LogP contribution in [0.2, 0.25) is 5.02 Å². The molecule has 0 bridgehead atoms. The van der Waals surface area contributed by atoms with Gasteiger partial charge in [0.05, 0.1) is 5.02 Å². The Morgan fingerprint density at radius 3 is 2.59 bits per heavy atom. The van der Waals surface area contributed by atoms with Gasteiger partial charge in [-0.2, -0.15) is 0 Å². The van der Waals surface area contributed by atoms with Crippen LogP contribution < -0.4 is 20.1 Å². The molecule has 1 aliphatic rings. The second-order valence-corrected chi connectivity index (χ2v) is 6.92. The van der Waals surface area contributed by atoms with Gasteiger partial charge in [-0.15, -0.1) is 0 Å². The molecule has 5 nitrogen and oxygen atoms in total. The van der Waals surface area contributed by atoms with Crippen LogP contribution in [-0.4, -0.2) is 25.7 Å². The van der Waals surface area contributed by atoms with E-state index >= 15 is 0 Å². The second-order valence-electron chi connectivity index (χ2n) is 6.51. The highest BCUT2D eigenvalue weighted by atomic mass is 35.5. The minimum Gasteiger partial charge on any atom is -0.486 e. The number of unbranched alkanes of at least 4 members (excludes halogenated alkanes) is 1. The maximum Gasteiger partial charge on any atom is 0.251 e. The lowest BCUT2D eigenvalue weighted by molar-refractivity contribution is 0.0953. The van der Waals surface area contributed by atoms with E-state index in [9.17, 15) is 4.79 Å². The Morgan fingerprint density at radius 2 is 1.81 bits per heavy atom. The summed E-state index contributed by atoms with van der Waals surface area (Å²) in [7, 11) is 0. The van der Waals surface area contributed by atoms with Crippen molar-refractivity contribution >= 4 is 17.5 Å². The van der Waals surface area contributed by atoms with Crippen LogP contribution in [0.1, 0.15) is 41.3 Å². The third-order valence-corrected chi connectivity index (χ3v) is 4.63. The van der Waals surface area contributed by atoms with E-state index in [0.717, 1.165) is 30.5 Å². The van der Waals surface area contributed by atoms with Crippen molar-refractivity contribution in [3.63, 3.8) is 0 Å². The zero-order valence-corrected chi connectivity index (χ0v) is 16.3. The number of fused-ring (bicyclic) bond motifs is 1. The molecular weight excluding hydrogens is 364 g/mol. The standard InChI is InChI=1S/C21H25ClN2O3/c1-2-3-8-24-21(25)17-6-4-15(5-7-17)13-23-14-16-11-18(22)20-19(12-16)26-9-10-27-20/h4-7,11-12,23H,2-3,8-10,13-14H2,1H3,(H,24,25). The zero-order valence-electron chi connectivity index (χ0n) is 15.5. The van der Waals surface area contributed by atoms with Gasteiger partial charge < -0.3 is 20.1 Å². The largest absolute Gasteiger partial charge is 0.486 e. The lowest BCUT2D eigenvalue weighted by atomic mass is 10.1. The maximum absolute atomic E-state index is 12.0. The Hall–Kier alpha value is -2.24. The van der Waals surface area contributed by atoms with Crippen molar-refractivity contribution in [2.75, 3.05) is 19.8 Å². The Kier molecular flexibility index (Phi) is 6.96. The van der Waals surface area contributed by atoms with Crippen molar-refractivity contribution in [3.8, 4) is 11.5 Å². The normalized spacial score (nSPS) is 12.7. The minimum atomic E-state index is -0.0196. The van der Waals surface area contributed by atoms with Crippen molar-refractivity contribution in [2.24, 2.45) is 0 Å². The number of carbonyl (C=O) groups is 1. The number of amides is 1. The number of carbonyl (C=O) groups excluding carboxylic acids is 1. The summed E-state index contributed by atoms with van der Waals surface area (Å²) in [6.07, 6.45) is 2.07. The number of benzene rings is 2. The van der Waals surface area contributed by atoms with Gasteiger partial charge >= 0.3 is 0 Å². The maximum atomic E-state index is 12.0. The highest BCUT2D eigenvalue weighted by Gasteiger charge is 2.16. The van der Waals surface area contributed by atoms with Gasteiger partial charge in [-0.05, 0) is 41.8 Å². The molecule has 0 unspecified atom stereocenters. The van der Waals surface area contributed by atoms with Gasteiger partial charge in [0.25, 0.3) is 5.91 Å². The van der Waals surface area contributed by atoms with E-state index in [0.29, 0.717) is 48.4 Å². The van der Waals surface area contributed by atoms with Crippen molar-refractivity contribution < 1.29 is 14.3 Å². The van der Waals surface area contributed by atoms with E-state index in [1.165, 1.54) is 0 Å². The smallest absolute Gasteiger partial charge is 0.251 e. The van der Waals surface area contributed by atoms with E-state index in [2.05, 4.69) is 17.6 Å². The second kappa shape index (κ2) is 9.62. The van der Waals surface area contributed by atoms with Crippen LogP contribution in [0.5, 0.6) is 11.5 Å². The van der Waals surface area contributed by atoms with Crippen LogP contribution >= 0.6 is 11.6 Å². The molecule has 2 aromatic rings. The summed E-state index contributed by atoms with van der Waals surface area (Å²) in [5, 5.41) is 6.88. The average Bonchev–Trinajstić information content (AvgIpc) is 2.69. The van der Waals surface area contributed by atoms with Crippen molar-refractivity contribution in [1.82, 2.24) is 10.6 Å². The monoisotopic (exact) mass is 388 g/mol. The molecule has 6 heteroatoms. The fourth-order valence-corrected chi connectivity index (χ4v) is 3.16. The first-order chi connectivity index (χ1) is 13.2. The Balaban J connectivity index is 1.50. The highest BCUT2D eigenvalue weighted by Crippen LogP contribution is 2.38. The molecule has 0 fully saturated rings. The van der Waals surface area contributed by atoms with Crippen molar-refractivity contribution in [3.05, 3.63) is 58.1 Å². The number of halogens is 1. The van der Waals surface area contributed by atoms with Crippen LogP contribution in [0.25, 0.3) is 0 Å². The molecule has 0 spiro atoms. The van der Waals surface area contributed by atoms with Crippen LogP contribution in [0.4, 0.5) is 0 Å². The molecule has 0 aromatic heterocycles. The molecule has 1 aliphatic heterocycles. The Morgan fingerprint density at radius 1 is 1.07 bits per heavy atom. The predicted molar refractivity (Wildman–Crippen MR) is 107 cm³/mol. The number of ether oxygens (including phenoxy) is 2. The molecule has 0 aliphatic carbocycles. The Bertz CT molecular complexity index is 778. The summed E-state index contributed by atoms with van der Waals surface area (Å²) in [4.78, 5) is 12.0. The predicted octanol–water partition coefficient (Wildman–Crippen LogP) is 3.93.